The van der Waals surface area contributed by atoms with Gasteiger partial charge in [-0.3, -0.25) is 9.78 Å². The second-order valence-electron chi connectivity index (χ2n) is 3.77. The van der Waals surface area contributed by atoms with Crippen LogP contribution in [-0.4, -0.2) is 20.0 Å². The van der Waals surface area contributed by atoms with Crippen LogP contribution in [0.3, 0.4) is 0 Å². The number of hydrogen-bond acceptors (Lipinski definition) is 3. The van der Waals surface area contributed by atoms with E-state index in [1.807, 2.05) is 37.6 Å². The SMILES string of the molecule is Cn1cc(-c2ccc3c(N)n[nH]c3c2)cn1. The molecule has 0 radical (unpaired) electrons. The molecule has 3 aromatic rings. The third-order valence-corrected chi connectivity index (χ3v) is 2.63. The monoisotopic (exact) mass is 213 g/mol. The Hall–Kier alpha value is -2.30. The van der Waals surface area contributed by atoms with Gasteiger partial charge in [-0.05, 0) is 17.7 Å². The lowest BCUT2D eigenvalue weighted by molar-refractivity contribution is 0.768. The maximum absolute atomic E-state index is 5.71. The maximum Gasteiger partial charge on any atom is 0.153 e. The van der Waals surface area contributed by atoms with Crippen molar-refractivity contribution in [1.29, 1.82) is 0 Å². The Morgan fingerprint density at radius 3 is 2.94 bits per heavy atom. The van der Waals surface area contributed by atoms with Crippen molar-refractivity contribution in [3.63, 3.8) is 0 Å². The lowest BCUT2D eigenvalue weighted by Gasteiger charge is -1.97. The molecule has 5 nitrogen and oxygen atoms in total. The lowest BCUT2D eigenvalue weighted by atomic mass is 10.1. The topological polar surface area (TPSA) is 72.5 Å². The molecule has 0 fully saturated rings. The summed E-state index contributed by atoms with van der Waals surface area (Å²) in [6, 6.07) is 6.01. The minimum atomic E-state index is 0.535. The van der Waals surface area contributed by atoms with Crippen LogP contribution in [-0.2, 0) is 7.05 Å². The molecule has 0 aliphatic rings. The van der Waals surface area contributed by atoms with Crippen LogP contribution in [0.2, 0.25) is 0 Å². The Bertz CT molecular complexity index is 649. The molecule has 2 heterocycles. The summed E-state index contributed by atoms with van der Waals surface area (Å²) in [5.74, 6) is 0.535. The molecule has 0 aliphatic carbocycles. The molecule has 0 amide bonds. The second kappa shape index (κ2) is 3.10. The van der Waals surface area contributed by atoms with Gasteiger partial charge in [0, 0.05) is 24.2 Å². The molecule has 0 spiro atoms. The van der Waals surface area contributed by atoms with E-state index in [2.05, 4.69) is 15.3 Å². The smallest absolute Gasteiger partial charge is 0.153 e. The number of anilines is 1. The van der Waals surface area contributed by atoms with Gasteiger partial charge in [0.2, 0.25) is 0 Å². The highest BCUT2D eigenvalue weighted by Gasteiger charge is 2.05. The molecule has 3 N–H and O–H groups in total. The molecule has 5 heteroatoms. The fourth-order valence-electron chi connectivity index (χ4n) is 1.79. The quantitative estimate of drug-likeness (QED) is 0.644. The van der Waals surface area contributed by atoms with E-state index in [9.17, 15) is 0 Å². The zero-order valence-corrected chi connectivity index (χ0v) is 8.81. The number of nitrogens with one attached hydrogen (secondary N) is 1. The Kier molecular flexibility index (Phi) is 1.73. The van der Waals surface area contributed by atoms with Gasteiger partial charge in [-0.2, -0.15) is 10.2 Å². The van der Waals surface area contributed by atoms with Gasteiger partial charge in [-0.1, -0.05) is 6.07 Å². The van der Waals surface area contributed by atoms with Crippen molar-refractivity contribution in [2.75, 3.05) is 5.73 Å². The first-order valence-corrected chi connectivity index (χ1v) is 4.96. The highest BCUT2D eigenvalue weighted by atomic mass is 15.2. The highest BCUT2D eigenvalue weighted by molar-refractivity contribution is 5.91. The van der Waals surface area contributed by atoms with Crippen molar-refractivity contribution in [2.24, 2.45) is 7.05 Å². The third kappa shape index (κ3) is 1.25. The van der Waals surface area contributed by atoms with E-state index < -0.39 is 0 Å². The standard InChI is InChI=1S/C11H11N5/c1-16-6-8(5-13-16)7-2-3-9-10(4-7)14-15-11(9)12/h2-6H,1H3,(H3,12,14,15). The van der Waals surface area contributed by atoms with Crippen LogP contribution in [0.4, 0.5) is 5.82 Å². The fourth-order valence-corrected chi connectivity index (χ4v) is 1.79. The maximum atomic E-state index is 5.71. The second-order valence-corrected chi connectivity index (χ2v) is 3.77. The Balaban J connectivity index is 2.18. The molecule has 2 aromatic heterocycles. The van der Waals surface area contributed by atoms with E-state index in [1.54, 1.807) is 4.68 Å². The van der Waals surface area contributed by atoms with Gasteiger partial charge >= 0.3 is 0 Å². The average molecular weight is 213 g/mol. The van der Waals surface area contributed by atoms with E-state index in [0.29, 0.717) is 5.82 Å². The molecule has 0 saturated heterocycles. The predicted octanol–water partition coefficient (Wildman–Crippen LogP) is 1.55. The molecule has 0 unspecified atom stereocenters. The van der Waals surface area contributed by atoms with Gasteiger partial charge in [-0.15, -0.1) is 0 Å². The van der Waals surface area contributed by atoms with E-state index >= 15 is 0 Å². The molecule has 16 heavy (non-hydrogen) atoms. The summed E-state index contributed by atoms with van der Waals surface area (Å²) in [6.45, 7) is 0. The number of nitrogen functional groups attached to an aromatic ring is 1. The summed E-state index contributed by atoms with van der Waals surface area (Å²) in [7, 11) is 1.90. The van der Waals surface area contributed by atoms with Crippen molar-refractivity contribution in [2.45, 2.75) is 0 Å². The summed E-state index contributed by atoms with van der Waals surface area (Å²) < 4.78 is 1.78. The zero-order chi connectivity index (χ0) is 11.1. The lowest BCUT2D eigenvalue weighted by Crippen LogP contribution is -1.84. The number of aromatic nitrogens is 4. The molecule has 1 aromatic carbocycles. The first-order valence-electron chi connectivity index (χ1n) is 4.96. The van der Waals surface area contributed by atoms with Crippen LogP contribution in [0.5, 0.6) is 0 Å². The summed E-state index contributed by atoms with van der Waals surface area (Å²) in [4.78, 5) is 0. The van der Waals surface area contributed by atoms with Gasteiger partial charge in [0.1, 0.15) is 0 Å². The van der Waals surface area contributed by atoms with E-state index in [1.165, 1.54) is 0 Å². The third-order valence-electron chi connectivity index (χ3n) is 2.63. The highest BCUT2D eigenvalue weighted by Crippen LogP contribution is 2.25. The van der Waals surface area contributed by atoms with Gasteiger partial charge in [0.05, 0.1) is 11.7 Å². The Morgan fingerprint density at radius 2 is 2.19 bits per heavy atom. The molecule has 3 rings (SSSR count). The number of nitrogens with two attached hydrogens (primary N) is 1. The van der Waals surface area contributed by atoms with E-state index in [-0.39, 0.29) is 0 Å². The molecular weight excluding hydrogens is 202 g/mol. The normalized spacial score (nSPS) is 11.1. The first-order chi connectivity index (χ1) is 7.74. The predicted molar refractivity (Wildman–Crippen MR) is 62.7 cm³/mol. The van der Waals surface area contributed by atoms with Gasteiger partial charge < -0.3 is 5.73 Å². The number of fused-ring (bicyclic) bond motifs is 1. The van der Waals surface area contributed by atoms with Crippen LogP contribution >= 0.6 is 0 Å². The zero-order valence-electron chi connectivity index (χ0n) is 8.81. The number of rotatable bonds is 1. The molecule has 80 valence electrons. The number of H-pyrrole nitrogens is 1. The van der Waals surface area contributed by atoms with Gasteiger partial charge in [0.25, 0.3) is 0 Å². The van der Waals surface area contributed by atoms with Crippen molar-refractivity contribution in [3.05, 3.63) is 30.6 Å². The first kappa shape index (κ1) is 8.96. The Morgan fingerprint density at radius 1 is 1.31 bits per heavy atom. The fraction of sp³-hybridized carbons (Fsp3) is 0.0909. The van der Waals surface area contributed by atoms with Crippen molar-refractivity contribution in [3.8, 4) is 11.1 Å². The summed E-state index contributed by atoms with van der Waals surface area (Å²) >= 11 is 0. The van der Waals surface area contributed by atoms with Gasteiger partial charge in [-0.25, -0.2) is 0 Å². The molecular formula is C11H11N5. The molecule has 0 atom stereocenters. The van der Waals surface area contributed by atoms with E-state index in [0.717, 1.165) is 22.0 Å². The molecule has 0 aliphatic heterocycles. The van der Waals surface area contributed by atoms with E-state index in [4.69, 9.17) is 5.73 Å². The number of benzene rings is 1. The number of nitrogens with zero attached hydrogens (tertiary/aromatic N) is 3. The number of hydrogen-bond donors (Lipinski definition) is 2. The minimum Gasteiger partial charge on any atom is -0.382 e. The van der Waals surface area contributed by atoms with Crippen LogP contribution in [0, 0.1) is 0 Å². The Labute approximate surface area is 91.9 Å². The minimum absolute atomic E-state index is 0.535. The number of aromatic amines is 1. The summed E-state index contributed by atoms with van der Waals surface area (Å²) in [5.41, 5.74) is 8.84. The van der Waals surface area contributed by atoms with Crippen LogP contribution in [0.25, 0.3) is 22.0 Å². The van der Waals surface area contributed by atoms with Crippen molar-refractivity contribution >= 4 is 16.7 Å². The van der Waals surface area contributed by atoms with Crippen molar-refractivity contribution < 1.29 is 0 Å². The van der Waals surface area contributed by atoms with Gasteiger partial charge in [0.15, 0.2) is 5.82 Å². The van der Waals surface area contributed by atoms with Crippen LogP contribution in [0.1, 0.15) is 0 Å². The molecule has 0 saturated carbocycles. The molecule has 0 bridgehead atoms. The average Bonchev–Trinajstić information content (AvgIpc) is 2.86. The largest absolute Gasteiger partial charge is 0.382 e. The number of aryl methyl sites for hydroxylation is 1. The van der Waals surface area contributed by atoms with Crippen LogP contribution in [0.15, 0.2) is 30.6 Å². The van der Waals surface area contributed by atoms with Crippen molar-refractivity contribution in [1.82, 2.24) is 20.0 Å². The van der Waals surface area contributed by atoms with Crippen LogP contribution < -0.4 is 5.73 Å². The summed E-state index contributed by atoms with van der Waals surface area (Å²) in [6.07, 6.45) is 3.81. The summed E-state index contributed by atoms with van der Waals surface area (Å²) in [5, 5.41) is 12.0.